The summed E-state index contributed by atoms with van der Waals surface area (Å²) in [6.07, 6.45) is 4.31. The molecular formula is C6H7N3S2. The van der Waals surface area contributed by atoms with Crippen LogP contribution in [0.2, 0.25) is 0 Å². The molecule has 0 saturated carbocycles. The van der Waals surface area contributed by atoms with E-state index >= 15 is 0 Å². The summed E-state index contributed by atoms with van der Waals surface area (Å²) in [6, 6.07) is 0. The number of hydrogen-bond acceptors (Lipinski definition) is 5. The van der Waals surface area contributed by atoms with Crippen LogP contribution < -0.4 is 0 Å². The molecule has 1 aromatic heterocycles. The third kappa shape index (κ3) is 4.80. The number of thioether (sulfide) groups is 2. The third-order valence-corrected chi connectivity index (χ3v) is 2.70. The zero-order valence-corrected chi connectivity index (χ0v) is 7.38. The molecule has 1 aliphatic rings. The van der Waals surface area contributed by atoms with Crippen LogP contribution in [0.15, 0.2) is 29.8 Å². The van der Waals surface area contributed by atoms with Crippen molar-refractivity contribution in [2.75, 3.05) is 5.08 Å². The zero-order chi connectivity index (χ0) is 7.78. The normalized spacial score (nSPS) is 13.8. The Kier molecular flexibility index (Phi) is 4.80. The molecule has 0 aromatic carbocycles. The predicted octanol–water partition coefficient (Wildman–Crippen LogP) is 1.77. The summed E-state index contributed by atoms with van der Waals surface area (Å²) < 4.78 is 0. The molecule has 0 fully saturated rings. The van der Waals surface area contributed by atoms with E-state index in [1.54, 1.807) is 0 Å². The second-order valence-electron chi connectivity index (χ2n) is 1.52. The molecule has 5 heteroatoms. The van der Waals surface area contributed by atoms with Crippen LogP contribution in [0.1, 0.15) is 0 Å². The Hall–Kier alpha value is -0.550. The van der Waals surface area contributed by atoms with E-state index in [4.69, 9.17) is 0 Å². The molecule has 2 heterocycles. The first-order valence-electron chi connectivity index (χ1n) is 2.93. The van der Waals surface area contributed by atoms with E-state index in [0.29, 0.717) is 0 Å². The average molecular weight is 185 g/mol. The van der Waals surface area contributed by atoms with Gasteiger partial charge in [0.2, 0.25) is 0 Å². The Bertz CT molecular complexity index is 170. The lowest BCUT2D eigenvalue weighted by Gasteiger charge is -1.69. The molecule has 1 aromatic rings. The lowest BCUT2D eigenvalue weighted by molar-refractivity contribution is 1.05. The van der Waals surface area contributed by atoms with Gasteiger partial charge < -0.3 is 0 Å². The Balaban J connectivity index is 0.000000112. The molecular weight excluding hydrogens is 178 g/mol. The molecule has 0 radical (unpaired) electrons. The van der Waals surface area contributed by atoms with Gasteiger partial charge in [0.1, 0.15) is 19.0 Å². The quantitative estimate of drug-likeness (QED) is 0.616. The molecule has 11 heavy (non-hydrogen) atoms. The highest BCUT2D eigenvalue weighted by Crippen LogP contribution is 2.22. The van der Waals surface area contributed by atoms with Gasteiger partial charge in [-0.2, -0.15) is 0 Å². The maximum atomic E-state index is 3.56. The molecule has 2 rings (SSSR count). The second kappa shape index (κ2) is 6.18. The highest BCUT2D eigenvalue weighted by Gasteiger charge is 1.85. The van der Waals surface area contributed by atoms with Crippen LogP contribution in [0.5, 0.6) is 0 Å². The largest absolute Gasteiger partial charge is 0.225 e. The molecule has 58 valence electrons. The van der Waals surface area contributed by atoms with Gasteiger partial charge in [0, 0.05) is 5.08 Å². The molecule has 0 aliphatic carbocycles. The van der Waals surface area contributed by atoms with E-state index < -0.39 is 0 Å². The lowest BCUT2D eigenvalue weighted by Crippen LogP contribution is -1.73. The Morgan fingerprint density at radius 2 is 1.27 bits per heavy atom. The van der Waals surface area contributed by atoms with Gasteiger partial charge in [-0.05, 0) is 10.8 Å². The zero-order valence-electron chi connectivity index (χ0n) is 5.75. The van der Waals surface area contributed by atoms with Crippen molar-refractivity contribution in [2.45, 2.75) is 0 Å². The predicted molar refractivity (Wildman–Crippen MR) is 49.0 cm³/mol. The molecule has 0 bridgehead atoms. The SMILES string of the molecule is C1=CSCS1.c1ncncn1. The fraction of sp³-hybridized carbons (Fsp3) is 0.167. The minimum Gasteiger partial charge on any atom is -0.225 e. The number of nitrogens with zero attached hydrogens (tertiary/aromatic N) is 3. The molecule has 0 amide bonds. The van der Waals surface area contributed by atoms with Gasteiger partial charge in [0.25, 0.3) is 0 Å². The summed E-state index contributed by atoms with van der Waals surface area (Å²) in [6.45, 7) is 0. The van der Waals surface area contributed by atoms with Crippen LogP contribution in [0.4, 0.5) is 0 Å². The highest BCUT2D eigenvalue weighted by atomic mass is 32.2. The van der Waals surface area contributed by atoms with Crippen LogP contribution >= 0.6 is 23.5 Å². The molecule has 0 spiro atoms. The van der Waals surface area contributed by atoms with Crippen molar-refractivity contribution >= 4 is 23.5 Å². The van der Waals surface area contributed by atoms with Crippen molar-refractivity contribution in [3.63, 3.8) is 0 Å². The first-order valence-corrected chi connectivity index (χ1v) is 5.03. The van der Waals surface area contributed by atoms with E-state index in [9.17, 15) is 0 Å². The number of rotatable bonds is 0. The van der Waals surface area contributed by atoms with Gasteiger partial charge in [0.15, 0.2) is 0 Å². The molecule has 0 atom stereocenters. The minimum absolute atomic E-state index is 1.22. The van der Waals surface area contributed by atoms with Gasteiger partial charge in [-0.25, -0.2) is 15.0 Å². The molecule has 3 nitrogen and oxygen atoms in total. The fourth-order valence-electron chi connectivity index (χ4n) is 0.401. The fourth-order valence-corrected chi connectivity index (χ4v) is 1.97. The van der Waals surface area contributed by atoms with E-state index in [0.717, 1.165) is 0 Å². The van der Waals surface area contributed by atoms with Crippen molar-refractivity contribution in [1.82, 2.24) is 15.0 Å². The van der Waals surface area contributed by atoms with Crippen molar-refractivity contribution in [2.24, 2.45) is 0 Å². The summed E-state index contributed by atoms with van der Waals surface area (Å²) in [5.74, 6) is 0. The standard InChI is InChI=1S/C3H3N3.C3H4S2/c1-4-2-6-3-5-1;1-2-5-3-4-1/h1-3H;1-2H,3H2. The average Bonchev–Trinajstić information content (AvgIpc) is 2.64. The minimum atomic E-state index is 1.22. The first kappa shape index (κ1) is 8.55. The van der Waals surface area contributed by atoms with Crippen molar-refractivity contribution in [3.05, 3.63) is 29.8 Å². The second-order valence-corrected chi connectivity index (χ2v) is 3.67. The van der Waals surface area contributed by atoms with Crippen LogP contribution in [0.25, 0.3) is 0 Å². The summed E-state index contributed by atoms with van der Waals surface area (Å²) in [5.41, 5.74) is 0. The van der Waals surface area contributed by atoms with Gasteiger partial charge in [-0.1, -0.05) is 0 Å². The van der Waals surface area contributed by atoms with Crippen LogP contribution in [-0.2, 0) is 0 Å². The maximum Gasteiger partial charge on any atom is 0.119 e. The topological polar surface area (TPSA) is 38.7 Å². The Morgan fingerprint density at radius 1 is 0.818 bits per heavy atom. The molecule has 0 saturated heterocycles. The van der Waals surface area contributed by atoms with E-state index in [1.807, 2.05) is 23.5 Å². The first-order chi connectivity index (χ1) is 5.50. The van der Waals surface area contributed by atoms with Crippen LogP contribution in [0.3, 0.4) is 0 Å². The summed E-state index contributed by atoms with van der Waals surface area (Å²) in [4.78, 5) is 10.7. The van der Waals surface area contributed by atoms with Gasteiger partial charge in [-0.15, -0.1) is 23.5 Å². The third-order valence-electron chi connectivity index (χ3n) is 0.784. The van der Waals surface area contributed by atoms with Gasteiger partial charge in [-0.3, -0.25) is 0 Å². The summed E-state index contributed by atoms with van der Waals surface area (Å²) >= 11 is 3.71. The number of aromatic nitrogens is 3. The van der Waals surface area contributed by atoms with Gasteiger partial charge >= 0.3 is 0 Å². The van der Waals surface area contributed by atoms with Crippen molar-refractivity contribution in [1.29, 1.82) is 0 Å². The smallest absolute Gasteiger partial charge is 0.119 e. The van der Waals surface area contributed by atoms with Crippen molar-refractivity contribution < 1.29 is 0 Å². The van der Waals surface area contributed by atoms with Crippen LogP contribution in [-0.4, -0.2) is 20.0 Å². The van der Waals surface area contributed by atoms with Crippen LogP contribution in [0, 0.1) is 0 Å². The maximum absolute atomic E-state index is 3.56. The number of hydrogen-bond donors (Lipinski definition) is 0. The lowest BCUT2D eigenvalue weighted by atomic mass is 11.1. The van der Waals surface area contributed by atoms with E-state index in [1.165, 1.54) is 24.1 Å². The molecule has 0 unspecified atom stereocenters. The summed E-state index contributed by atoms with van der Waals surface area (Å²) in [5, 5.41) is 5.45. The van der Waals surface area contributed by atoms with E-state index in [2.05, 4.69) is 25.8 Å². The Morgan fingerprint density at radius 3 is 1.45 bits per heavy atom. The van der Waals surface area contributed by atoms with E-state index in [-0.39, 0.29) is 0 Å². The van der Waals surface area contributed by atoms with Gasteiger partial charge in [0.05, 0.1) is 0 Å². The Labute approximate surface area is 73.7 Å². The summed E-state index contributed by atoms with van der Waals surface area (Å²) in [7, 11) is 0. The molecule has 0 N–H and O–H groups in total. The molecule has 1 aliphatic heterocycles. The highest BCUT2D eigenvalue weighted by molar-refractivity contribution is 8.21. The van der Waals surface area contributed by atoms with Crippen molar-refractivity contribution in [3.8, 4) is 0 Å². The monoisotopic (exact) mass is 185 g/mol.